The lowest BCUT2D eigenvalue weighted by molar-refractivity contribution is -0.117. The molecular formula is C28H36Cl2N6O6. The number of halogens is 2. The van der Waals surface area contributed by atoms with Gasteiger partial charge in [0.1, 0.15) is 18.9 Å². The number of rotatable bonds is 12. The van der Waals surface area contributed by atoms with Gasteiger partial charge in [-0.3, -0.25) is 10.2 Å². The van der Waals surface area contributed by atoms with E-state index in [-0.39, 0.29) is 66.3 Å². The zero-order valence-electron chi connectivity index (χ0n) is 23.9. The first kappa shape index (κ1) is 36.3. The number of carbonyl (C=O) groups excluding carboxylic acids is 3. The Morgan fingerprint density at radius 3 is 2.05 bits per heavy atom. The molecule has 0 heterocycles. The summed E-state index contributed by atoms with van der Waals surface area (Å²) in [5.41, 5.74) is 1.52. The third-order valence-electron chi connectivity index (χ3n) is 5.69. The van der Waals surface area contributed by atoms with Crippen LogP contribution in [0.1, 0.15) is 27.1 Å². The maximum Gasteiger partial charge on any atom is 0.340 e. The summed E-state index contributed by atoms with van der Waals surface area (Å²) in [5.74, 6) is -1.52. The molecule has 0 aromatic heterocycles. The van der Waals surface area contributed by atoms with Gasteiger partial charge in [-0.1, -0.05) is 24.3 Å². The SMILES string of the molecule is CN(C)CCOC(=O)c1ccccc1N=NC1(O)CC(=O)C=C/C1=N\Nc1ccccc1C(=O)OCCN(C)C.Cl.Cl. The molecule has 2 aromatic rings. The first-order valence-corrected chi connectivity index (χ1v) is 12.6. The number of carbonyl (C=O) groups is 3. The zero-order valence-corrected chi connectivity index (χ0v) is 25.5. The lowest BCUT2D eigenvalue weighted by Gasteiger charge is -2.24. The Labute approximate surface area is 257 Å². The minimum atomic E-state index is -2.12. The molecule has 2 aromatic carbocycles. The second-order valence-corrected chi connectivity index (χ2v) is 9.54. The normalized spacial score (nSPS) is 17.2. The molecule has 0 spiro atoms. The van der Waals surface area contributed by atoms with Gasteiger partial charge in [0.15, 0.2) is 5.78 Å². The highest BCUT2D eigenvalue weighted by Gasteiger charge is 2.38. The summed E-state index contributed by atoms with van der Waals surface area (Å²) in [5, 5.41) is 23.6. The molecule has 0 amide bonds. The topological polar surface area (TPSA) is 145 Å². The predicted octanol–water partition coefficient (Wildman–Crippen LogP) is 3.74. The van der Waals surface area contributed by atoms with E-state index in [0.717, 1.165) is 0 Å². The van der Waals surface area contributed by atoms with E-state index in [4.69, 9.17) is 9.47 Å². The number of anilines is 1. The highest BCUT2D eigenvalue weighted by Crippen LogP contribution is 2.27. The van der Waals surface area contributed by atoms with Gasteiger partial charge in [-0.25, -0.2) is 9.59 Å². The van der Waals surface area contributed by atoms with Crippen LogP contribution in [-0.2, 0) is 14.3 Å². The van der Waals surface area contributed by atoms with Gasteiger partial charge in [-0.15, -0.1) is 29.9 Å². The third-order valence-corrected chi connectivity index (χ3v) is 5.69. The van der Waals surface area contributed by atoms with Crippen molar-refractivity contribution >= 4 is 59.6 Å². The van der Waals surface area contributed by atoms with E-state index in [1.165, 1.54) is 18.2 Å². The molecule has 2 N–H and O–H groups in total. The number of nitrogens with zero attached hydrogens (tertiary/aromatic N) is 5. The Balaban J connectivity index is 0.00000441. The van der Waals surface area contributed by atoms with Gasteiger partial charge >= 0.3 is 11.9 Å². The molecule has 0 bridgehead atoms. The van der Waals surface area contributed by atoms with Crippen LogP contribution >= 0.6 is 24.8 Å². The number of hydrogen-bond donors (Lipinski definition) is 2. The second-order valence-electron chi connectivity index (χ2n) is 9.54. The summed E-state index contributed by atoms with van der Waals surface area (Å²) in [6, 6.07) is 13.0. The number of hydrogen-bond acceptors (Lipinski definition) is 12. The van der Waals surface area contributed by atoms with Gasteiger partial charge in [-0.2, -0.15) is 10.2 Å². The third kappa shape index (κ3) is 10.6. The Morgan fingerprint density at radius 1 is 0.881 bits per heavy atom. The first-order valence-electron chi connectivity index (χ1n) is 12.6. The van der Waals surface area contributed by atoms with Gasteiger partial charge in [0, 0.05) is 13.1 Å². The molecule has 0 aliphatic heterocycles. The van der Waals surface area contributed by atoms with Crippen molar-refractivity contribution in [1.82, 2.24) is 9.80 Å². The predicted molar refractivity (Wildman–Crippen MR) is 164 cm³/mol. The fraction of sp³-hybridized carbons (Fsp3) is 0.357. The van der Waals surface area contributed by atoms with E-state index < -0.39 is 24.1 Å². The summed E-state index contributed by atoms with van der Waals surface area (Å²) >= 11 is 0. The van der Waals surface area contributed by atoms with Gasteiger partial charge in [0.2, 0.25) is 5.72 Å². The van der Waals surface area contributed by atoms with E-state index in [0.29, 0.717) is 18.8 Å². The van der Waals surface area contributed by atoms with Crippen molar-refractivity contribution in [3.8, 4) is 0 Å². The molecule has 42 heavy (non-hydrogen) atoms. The van der Waals surface area contributed by atoms with Crippen molar-refractivity contribution in [2.45, 2.75) is 12.1 Å². The number of likely N-dealkylation sites (N-methyl/N-ethyl adjacent to an activating group) is 2. The highest BCUT2D eigenvalue weighted by atomic mass is 35.5. The number of ether oxygens (including phenoxy) is 2. The monoisotopic (exact) mass is 622 g/mol. The Bertz CT molecular complexity index is 1320. The van der Waals surface area contributed by atoms with Crippen LogP contribution < -0.4 is 5.43 Å². The number of hydrazone groups is 1. The molecule has 1 unspecified atom stereocenters. The van der Waals surface area contributed by atoms with E-state index in [1.807, 2.05) is 38.0 Å². The van der Waals surface area contributed by atoms with Crippen molar-refractivity contribution in [2.75, 3.05) is 59.9 Å². The number of nitrogens with one attached hydrogen (secondary N) is 1. The summed E-state index contributed by atoms with van der Waals surface area (Å²) < 4.78 is 10.6. The molecule has 14 heteroatoms. The lowest BCUT2D eigenvalue weighted by atomic mass is 9.95. The van der Waals surface area contributed by atoms with Crippen LogP contribution in [0.15, 0.2) is 76.0 Å². The van der Waals surface area contributed by atoms with Crippen LogP contribution in [0.2, 0.25) is 0 Å². The molecule has 0 saturated heterocycles. The van der Waals surface area contributed by atoms with Crippen LogP contribution in [0.3, 0.4) is 0 Å². The van der Waals surface area contributed by atoms with Crippen molar-refractivity contribution < 1.29 is 29.0 Å². The quantitative estimate of drug-likeness (QED) is 0.205. The van der Waals surface area contributed by atoms with Crippen LogP contribution in [0.25, 0.3) is 0 Å². The van der Waals surface area contributed by atoms with Crippen LogP contribution in [0.5, 0.6) is 0 Å². The number of azo groups is 1. The lowest BCUT2D eigenvalue weighted by Crippen LogP contribution is -2.40. The van der Waals surface area contributed by atoms with E-state index >= 15 is 0 Å². The molecule has 0 radical (unpaired) electrons. The number of benzene rings is 2. The summed E-state index contributed by atoms with van der Waals surface area (Å²) in [4.78, 5) is 41.2. The van der Waals surface area contributed by atoms with Crippen molar-refractivity contribution in [2.24, 2.45) is 15.3 Å². The number of allylic oxidation sites excluding steroid dienone is 1. The standard InChI is InChI=1S/C28H34N6O6.2ClH/c1-33(2)15-17-39-26(36)21-9-5-7-11-23(21)29-31-25-14-13-20(35)19-28(25,38)32-30-24-12-8-6-10-22(24)27(37)40-18-16-34(3)4;;/h5-14,29,38H,15-19H2,1-4H3;2*1H/b31-25+,32-30?;;. The highest BCUT2D eigenvalue weighted by molar-refractivity contribution is 6.12. The zero-order chi connectivity index (χ0) is 29.1. The van der Waals surface area contributed by atoms with Crippen molar-refractivity contribution in [3.63, 3.8) is 0 Å². The van der Waals surface area contributed by atoms with Crippen LogP contribution in [0.4, 0.5) is 11.4 Å². The van der Waals surface area contributed by atoms with Crippen molar-refractivity contribution in [1.29, 1.82) is 0 Å². The van der Waals surface area contributed by atoms with E-state index in [9.17, 15) is 19.5 Å². The van der Waals surface area contributed by atoms with Gasteiger partial charge < -0.3 is 24.4 Å². The number of esters is 2. The molecule has 0 fully saturated rings. The smallest absolute Gasteiger partial charge is 0.340 e. The Morgan fingerprint density at radius 2 is 1.43 bits per heavy atom. The minimum absolute atomic E-state index is 0. The summed E-state index contributed by atoms with van der Waals surface area (Å²) in [7, 11) is 7.47. The van der Waals surface area contributed by atoms with Gasteiger partial charge in [0.05, 0.1) is 28.9 Å². The average Bonchev–Trinajstić information content (AvgIpc) is 2.91. The van der Waals surface area contributed by atoms with Gasteiger partial charge in [0.25, 0.3) is 0 Å². The van der Waals surface area contributed by atoms with E-state index in [2.05, 4.69) is 20.8 Å². The molecule has 12 nitrogen and oxygen atoms in total. The minimum Gasteiger partial charge on any atom is -0.461 e. The maximum absolute atomic E-state index is 12.6. The molecule has 1 atom stereocenters. The molecule has 3 rings (SSSR count). The molecule has 1 aliphatic rings. The average molecular weight is 624 g/mol. The van der Waals surface area contributed by atoms with E-state index in [1.54, 1.807) is 42.5 Å². The van der Waals surface area contributed by atoms with Gasteiger partial charge in [-0.05, 0) is 64.6 Å². The van der Waals surface area contributed by atoms with Crippen molar-refractivity contribution in [3.05, 3.63) is 71.8 Å². The number of aliphatic hydroxyl groups is 1. The number of ketones is 1. The molecule has 0 saturated carbocycles. The maximum atomic E-state index is 12.6. The summed E-state index contributed by atoms with van der Waals surface area (Å²) in [6.07, 6.45) is 2.16. The number of para-hydroxylation sites is 1. The first-order chi connectivity index (χ1) is 19.1. The van der Waals surface area contributed by atoms with Crippen LogP contribution in [-0.4, -0.2) is 98.6 Å². The Kier molecular flexibility index (Phi) is 15.0. The fourth-order valence-corrected chi connectivity index (χ4v) is 3.46. The molecule has 1 aliphatic carbocycles. The second kappa shape index (κ2) is 17.3. The Hall–Kier alpha value is -3.68. The molecular weight excluding hydrogens is 587 g/mol. The fourth-order valence-electron chi connectivity index (χ4n) is 3.46. The van der Waals surface area contributed by atoms with Crippen LogP contribution in [0, 0.1) is 0 Å². The molecule has 228 valence electrons. The summed E-state index contributed by atoms with van der Waals surface area (Å²) in [6.45, 7) is 1.52. The largest absolute Gasteiger partial charge is 0.461 e.